The Kier molecular flexibility index (Phi) is 2.86. The first kappa shape index (κ1) is 12.4. The van der Waals surface area contributed by atoms with Gasteiger partial charge in [-0.2, -0.15) is 0 Å². The summed E-state index contributed by atoms with van der Waals surface area (Å²) in [5, 5.41) is 3.59. The summed E-state index contributed by atoms with van der Waals surface area (Å²) >= 11 is 5.89. The van der Waals surface area contributed by atoms with Crippen molar-refractivity contribution in [2.24, 2.45) is 10.9 Å². The lowest BCUT2D eigenvalue weighted by molar-refractivity contribution is -0.0829. The van der Waals surface area contributed by atoms with Crippen molar-refractivity contribution in [2.75, 3.05) is 31.5 Å². The molecule has 1 aromatic heterocycles. The summed E-state index contributed by atoms with van der Waals surface area (Å²) in [5.41, 5.74) is -0.114. The van der Waals surface area contributed by atoms with Crippen LogP contribution >= 0.6 is 11.6 Å². The van der Waals surface area contributed by atoms with E-state index in [9.17, 15) is 0 Å². The van der Waals surface area contributed by atoms with Crippen molar-refractivity contribution in [1.29, 1.82) is 0 Å². The zero-order valence-electron chi connectivity index (χ0n) is 11.2. The van der Waals surface area contributed by atoms with Crippen LogP contribution in [0, 0.1) is 5.92 Å². The van der Waals surface area contributed by atoms with Crippen LogP contribution in [0.25, 0.3) is 0 Å². The lowest BCUT2D eigenvalue weighted by Crippen LogP contribution is -2.61. The van der Waals surface area contributed by atoms with Gasteiger partial charge in [0.05, 0.1) is 6.54 Å². The number of aliphatic imine (C=N–C) groups is 1. The first-order chi connectivity index (χ1) is 9.73. The van der Waals surface area contributed by atoms with Crippen molar-refractivity contribution < 1.29 is 4.74 Å². The Morgan fingerprint density at radius 2 is 2.20 bits per heavy atom. The number of aromatic nitrogens is 1. The maximum Gasteiger partial charge on any atom is 0.291 e. The number of pyridine rings is 1. The van der Waals surface area contributed by atoms with Crippen molar-refractivity contribution in [3.8, 4) is 0 Å². The Balaban J connectivity index is 1.48. The number of halogens is 1. The van der Waals surface area contributed by atoms with E-state index in [2.05, 4.69) is 20.2 Å². The molecule has 1 atom stereocenters. The second-order valence-corrected chi connectivity index (χ2v) is 6.20. The monoisotopic (exact) mass is 292 g/mol. The number of nitrogens with one attached hydrogen (secondary N) is 1. The van der Waals surface area contributed by atoms with Gasteiger partial charge in [-0.05, 0) is 38.1 Å². The first-order valence-corrected chi connectivity index (χ1v) is 7.47. The average molecular weight is 293 g/mol. The summed E-state index contributed by atoms with van der Waals surface area (Å²) in [6.45, 7) is 4.15. The minimum atomic E-state index is -0.114. The largest absolute Gasteiger partial charge is 0.455 e. The number of piperidine rings is 3. The predicted molar refractivity (Wildman–Crippen MR) is 78.2 cm³/mol. The molecule has 4 aliphatic rings. The molecule has 5 nitrogen and oxygen atoms in total. The molecule has 3 fully saturated rings. The van der Waals surface area contributed by atoms with Crippen LogP contribution in [0.2, 0.25) is 5.15 Å². The van der Waals surface area contributed by atoms with Gasteiger partial charge in [-0.25, -0.2) is 9.98 Å². The Labute approximate surface area is 123 Å². The molecule has 0 radical (unpaired) electrons. The van der Waals surface area contributed by atoms with Gasteiger partial charge in [-0.1, -0.05) is 17.7 Å². The van der Waals surface area contributed by atoms with Crippen molar-refractivity contribution in [1.82, 2.24) is 9.88 Å². The van der Waals surface area contributed by atoms with E-state index >= 15 is 0 Å². The fourth-order valence-electron chi connectivity index (χ4n) is 3.53. The van der Waals surface area contributed by atoms with Crippen LogP contribution in [0.15, 0.2) is 23.2 Å². The molecule has 0 aliphatic carbocycles. The summed E-state index contributed by atoms with van der Waals surface area (Å²) in [4.78, 5) is 11.2. The number of anilines is 1. The van der Waals surface area contributed by atoms with Crippen molar-refractivity contribution in [3.05, 3.63) is 23.4 Å². The summed E-state index contributed by atoms with van der Waals surface area (Å²) in [6, 6.07) is 6.05. The smallest absolute Gasteiger partial charge is 0.291 e. The second kappa shape index (κ2) is 4.60. The van der Waals surface area contributed by atoms with Gasteiger partial charge in [0.1, 0.15) is 16.6 Å². The van der Waals surface area contributed by atoms with E-state index in [1.165, 1.54) is 25.9 Å². The molecule has 0 saturated carbocycles. The Morgan fingerprint density at radius 1 is 1.35 bits per heavy atom. The molecule has 1 N–H and O–H groups in total. The minimum Gasteiger partial charge on any atom is -0.455 e. The SMILES string of the molecule is Clc1cccc(NC2=NCC3(CN4CCC3CC4)O2)n1. The van der Waals surface area contributed by atoms with Gasteiger partial charge in [0.2, 0.25) is 0 Å². The quantitative estimate of drug-likeness (QED) is 0.805. The highest BCUT2D eigenvalue weighted by molar-refractivity contribution is 6.29. The lowest BCUT2D eigenvalue weighted by atomic mass is 9.75. The molecule has 6 heteroatoms. The van der Waals surface area contributed by atoms with Crippen LogP contribution in [0.3, 0.4) is 0 Å². The van der Waals surface area contributed by atoms with Crippen LogP contribution in [0.5, 0.6) is 0 Å². The van der Waals surface area contributed by atoms with E-state index in [-0.39, 0.29) is 5.60 Å². The van der Waals surface area contributed by atoms with Crippen LogP contribution in [-0.2, 0) is 4.74 Å². The number of nitrogens with zero attached hydrogens (tertiary/aromatic N) is 3. The predicted octanol–water partition coefficient (Wildman–Crippen LogP) is 2.00. The molecule has 1 spiro atoms. The van der Waals surface area contributed by atoms with E-state index in [0.717, 1.165) is 13.1 Å². The fraction of sp³-hybridized carbons (Fsp3) is 0.571. The number of rotatable bonds is 1. The van der Waals surface area contributed by atoms with E-state index in [4.69, 9.17) is 16.3 Å². The number of amidine groups is 1. The fourth-order valence-corrected chi connectivity index (χ4v) is 3.70. The van der Waals surface area contributed by atoms with Gasteiger partial charge >= 0.3 is 0 Å². The molecule has 20 heavy (non-hydrogen) atoms. The highest BCUT2D eigenvalue weighted by Crippen LogP contribution is 2.40. The Bertz CT molecular complexity index is 556. The average Bonchev–Trinajstić information content (AvgIpc) is 2.83. The van der Waals surface area contributed by atoms with Gasteiger partial charge < -0.3 is 4.74 Å². The summed E-state index contributed by atoms with van der Waals surface area (Å²) in [7, 11) is 0. The number of hydrogen-bond donors (Lipinski definition) is 1. The number of hydrogen-bond acceptors (Lipinski definition) is 5. The van der Waals surface area contributed by atoms with Crippen LogP contribution in [0.1, 0.15) is 12.8 Å². The Hall–Kier alpha value is -1.33. The second-order valence-electron chi connectivity index (χ2n) is 5.81. The van der Waals surface area contributed by atoms with Crippen LogP contribution in [-0.4, -0.2) is 47.7 Å². The molecular weight excluding hydrogens is 276 g/mol. The van der Waals surface area contributed by atoms with Gasteiger partial charge in [0.15, 0.2) is 0 Å². The minimum absolute atomic E-state index is 0.114. The van der Waals surface area contributed by atoms with Gasteiger partial charge in [0.25, 0.3) is 6.02 Å². The van der Waals surface area contributed by atoms with Gasteiger partial charge in [-0.15, -0.1) is 0 Å². The maximum absolute atomic E-state index is 6.18. The highest BCUT2D eigenvalue weighted by atomic mass is 35.5. The first-order valence-electron chi connectivity index (χ1n) is 7.09. The van der Waals surface area contributed by atoms with E-state index in [1.807, 2.05) is 12.1 Å². The lowest BCUT2D eigenvalue weighted by Gasteiger charge is -2.50. The third-order valence-corrected chi connectivity index (χ3v) is 4.77. The summed E-state index contributed by atoms with van der Waals surface area (Å²) in [5.74, 6) is 1.30. The van der Waals surface area contributed by atoms with E-state index < -0.39 is 0 Å². The molecule has 0 amide bonds. The number of fused-ring (bicyclic) bond motifs is 2. The normalized spacial score (nSPS) is 35.0. The molecule has 4 aliphatic heterocycles. The molecule has 106 valence electrons. The summed E-state index contributed by atoms with van der Waals surface area (Å²) in [6.07, 6.45) is 2.44. The zero-order valence-corrected chi connectivity index (χ0v) is 11.9. The third kappa shape index (κ3) is 2.05. The number of ether oxygens (including phenoxy) is 1. The van der Waals surface area contributed by atoms with Gasteiger partial charge in [-0.3, -0.25) is 10.2 Å². The van der Waals surface area contributed by atoms with Crippen LogP contribution < -0.4 is 5.32 Å². The van der Waals surface area contributed by atoms with Crippen molar-refractivity contribution >= 4 is 23.4 Å². The molecule has 1 unspecified atom stereocenters. The highest BCUT2D eigenvalue weighted by Gasteiger charge is 2.51. The molecule has 1 aromatic rings. The molecule has 2 bridgehead atoms. The van der Waals surface area contributed by atoms with Gasteiger partial charge in [0, 0.05) is 12.5 Å². The van der Waals surface area contributed by atoms with E-state index in [0.29, 0.717) is 22.9 Å². The molecule has 0 aromatic carbocycles. The van der Waals surface area contributed by atoms with Crippen molar-refractivity contribution in [3.63, 3.8) is 0 Å². The maximum atomic E-state index is 6.18. The molecule has 5 rings (SSSR count). The van der Waals surface area contributed by atoms with E-state index in [1.54, 1.807) is 6.07 Å². The topological polar surface area (TPSA) is 49.8 Å². The van der Waals surface area contributed by atoms with Crippen LogP contribution in [0.4, 0.5) is 5.82 Å². The Morgan fingerprint density at radius 3 is 2.90 bits per heavy atom. The standard InChI is InChI=1S/C14H17ClN4O/c15-11-2-1-3-12(17-11)18-13-16-8-14(20-13)9-19-6-4-10(14)5-7-19/h1-3,10H,4-9H2,(H,16,17,18). The molecular formula is C14H17ClN4O. The third-order valence-electron chi connectivity index (χ3n) is 4.56. The summed E-state index contributed by atoms with van der Waals surface area (Å²) < 4.78 is 6.18. The molecule has 3 saturated heterocycles. The zero-order chi connectivity index (χ0) is 13.6. The van der Waals surface area contributed by atoms with Crippen molar-refractivity contribution in [2.45, 2.75) is 18.4 Å². The molecule has 5 heterocycles.